The minimum atomic E-state index is -0.556. The van der Waals surface area contributed by atoms with Crippen molar-refractivity contribution in [3.8, 4) is 5.75 Å². The molecule has 96 valence electrons. The second kappa shape index (κ2) is 6.35. The molecule has 0 atom stereocenters. The van der Waals surface area contributed by atoms with Gasteiger partial charge in [0, 0.05) is 5.56 Å². The van der Waals surface area contributed by atoms with Crippen molar-refractivity contribution in [2.75, 3.05) is 7.11 Å². The molecular formula is C15H13NO3. The number of oxime groups is 1. The van der Waals surface area contributed by atoms with Crippen molar-refractivity contribution in [3.63, 3.8) is 0 Å². The topological polar surface area (TPSA) is 47.9 Å². The maximum Gasteiger partial charge on any atom is 0.366 e. The Balaban J connectivity index is 2.21. The number of carbonyl (C=O) groups is 1. The smallest absolute Gasteiger partial charge is 0.366 e. The van der Waals surface area contributed by atoms with Gasteiger partial charge in [-0.05, 0) is 12.1 Å². The summed E-state index contributed by atoms with van der Waals surface area (Å²) in [5, 5.41) is 3.73. The van der Waals surface area contributed by atoms with Crippen molar-refractivity contribution < 1.29 is 14.4 Å². The van der Waals surface area contributed by atoms with Crippen LogP contribution in [0.3, 0.4) is 0 Å². The molecule has 0 saturated carbocycles. The largest absolute Gasteiger partial charge is 0.422 e. The highest BCUT2D eigenvalue weighted by Crippen LogP contribution is 2.11. The van der Waals surface area contributed by atoms with Crippen LogP contribution in [0.2, 0.25) is 0 Å². The monoisotopic (exact) mass is 255 g/mol. The Kier molecular flexibility index (Phi) is 4.29. The van der Waals surface area contributed by atoms with Gasteiger partial charge in [0.05, 0.1) is 0 Å². The van der Waals surface area contributed by atoms with Crippen LogP contribution in [0.5, 0.6) is 5.75 Å². The molecule has 0 aliphatic rings. The summed E-state index contributed by atoms with van der Waals surface area (Å²) in [6.45, 7) is 0. The summed E-state index contributed by atoms with van der Waals surface area (Å²) < 4.78 is 5.23. The molecule has 0 fully saturated rings. The van der Waals surface area contributed by atoms with E-state index < -0.39 is 5.97 Å². The molecule has 0 aliphatic carbocycles. The van der Waals surface area contributed by atoms with Crippen LogP contribution < -0.4 is 4.74 Å². The van der Waals surface area contributed by atoms with Gasteiger partial charge in [-0.2, -0.15) is 0 Å². The molecule has 2 rings (SSSR count). The van der Waals surface area contributed by atoms with Crippen LogP contribution in [0.1, 0.15) is 5.56 Å². The lowest BCUT2D eigenvalue weighted by atomic mass is 10.1. The van der Waals surface area contributed by atoms with Crippen LogP contribution in [0.15, 0.2) is 65.8 Å². The zero-order valence-corrected chi connectivity index (χ0v) is 10.4. The molecule has 2 aromatic rings. The number of nitrogens with zero attached hydrogens (tertiary/aromatic N) is 1. The maximum atomic E-state index is 12.1. The lowest BCUT2D eigenvalue weighted by Crippen LogP contribution is -2.21. The molecule has 19 heavy (non-hydrogen) atoms. The van der Waals surface area contributed by atoms with E-state index in [-0.39, 0.29) is 5.71 Å². The molecule has 0 N–H and O–H groups in total. The summed E-state index contributed by atoms with van der Waals surface area (Å²) in [7, 11) is 1.39. The lowest BCUT2D eigenvalue weighted by molar-refractivity contribution is -0.127. The molecule has 0 unspecified atom stereocenters. The fourth-order valence-electron chi connectivity index (χ4n) is 1.54. The molecule has 0 heterocycles. The van der Waals surface area contributed by atoms with E-state index in [0.717, 1.165) is 0 Å². The molecule has 0 bridgehead atoms. The van der Waals surface area contributed by atoms with E-state index in [1.54, 1.807) is 36.4 Å². The standard InChI is InChI=1S/C15H13NO3/c1-18-16-14(12-8-4-2-5-9-12)15(17)19-13-10-6-3-7-11-13/h2-11H,1H3. The van der Waals surface area contributed by atoms with Gasteiger partial charge in [-0.1, -0.05) is 53.7 Å². The zero-order valence-electron chi connectivity index (χ0n) is 10.4. The second-order valence-electron chi connectivity index (χ2n) is 3.69. The molecule has 0 saturated heterocycles. The maximum absolute atomic E-state index is 12.1. The van der Waals surface area contributed by atoms with Crippen molar-refractivity contribution in [2.24, 2.45) is 5.16 Å². The van der Waals surface area contributed by atoms with Gasteiger partial charge < -0.3 is 9.57 Å². The Bertz CT molecular complexity index is 564. The van der Waals surface area contributed by atoms with Crippen LogP contribution in [0.4, 0.5) is 0 Å². The highest BCUT2D eigenvalue weighted by molar-refractivity contribution is 6.43. The van der Waals surface area contributed by atoms with E-state index >= 15 is 0 Å². The van der Waals surface area contributed by atoms with E-state index in [4.69, 9.17) is 9.57 Å². The number of hydrogen-bond acceptors (Lipinski definition) is 4. The van der Waals surface area contributed by atoms with Crippen LogP contribution in [0, 0.1) is 0 Å². The van der Waals surface area contributed by atoms with E-state index in [0.29, 0.717) is 11.3 Å². The third-order valence-corrected chi connectivity index (χ3v) is 2.38. The van der Waals surface area contributed by atoms with E-state index in [1.807, 2.05) is 24.3 Å². The predicted molar refractivity (Wildman–Crippen MR) is 72.1 cm³/mol. The highest BCUT2D eigenvalue weighted by Gasteiger charge is 2.17. The van der Waals surface area contributed by atoms with Crippen molar-refractivity contribution >= 4 is 11.7 Å². The van der Waals surface area contributed by atoms with Crippen LogP contribution in [0.25, 0.3) is 0 Å². The van der Waals surface area contributed by atoms with Crippen molar-refractivity contribution in [3.05, 3.63) is 66.2 Å². The molecule has 0 spiro atoms. The quantitative estimate of drug-likeness (QED) is 0.365. The summed E-state index contributed by atoms with van der Waals surface area (Å²) in [6, 6.07) is 17.9. The average molecular weight is 255 g/mol. The Hall–Kier alpha value is -2.62. The molecule has 0 amide bonds. The molecule has 0 radical (unpaired) electrons. The Morgan fingerprint density at radius 3 is 2.11 bits per heavy atom. The number of carbonyl (C=O) groups excluding carboxylic acids is 1. The van der Waals surface area contributed by atoms with Crippen LogP contribution in [-0.4, -0.2) is 18.8 Å². The zero-order chi connectivity index (χ0) is 13.5. The minimum Gasteiger partial charge on any atom is -0.422 e. The van der Waals surface area contributed by atoms with E-state index in [2.05, 4.69) is 5.16 Å². The van der Waals surface area contributed by atoms with Crippen molar-refractivity contribution in [2.45, 2.75) is 0 Å². The number of esters is 1. The summed E-state index contributed by atoms with van der Waals surface area (Å²) in [5.41, 5.74) is 0.775. The van der Waals surface area contributed by atoms with Gasteiger partial charge in [-0.3, -0.25) is 0 Å². The van der Waals surface area contributed by atoms with Gasteiger partial charge >= 0.3 is 5.97 Å². The second-order valence-corrected chi connectivity index (χ2v) is 3.69. The normalized spacial score (nSPS) is 10.9. The number of hydrogen-bond donors (Lipinski definition) is 0. The third-order valence-electron chi connectivity index (χ3n) is 2.38. The van der Waals surface area contributed by atoms with E-state index in [1.165, 1.54) is 7.11 Å². The Labute approximate surface area is 111 Å². The molecule has 2 aromatic carbocycles. The van der Waals surface area contributed by atoms with Crippen LogP contribution >= 0.6 is 0 Å². The van der Waals surface area contributed by atoms with Gasteiger partial charge in [-0.25, -0.2) is 4.79 Å². The highest BCUT2D eigenvalue weighted by atomic mass is 16.6. The molecule has 0 aliphatic heterocycles. The molecular weight excluding hydrogens is 242 g/mol. The predicted octanol–water partition coefficient (Wildman–Crippen LogP) is 2.64. The fraction of sp³-hybridized carbons (Fsp3) is 0.0667. The van der Waals surface area contributed by atoms with Gasteiger partial charge in [0.15, 0.2) is 5.71 Å². The minimum absolute atomic E-state index is 0.131. The number of ether oxygens (including phenoxy) is 1. The molecule has 4 heteroatoms. The first-order valence-electron chi connectivity index (χ1n) is 5.75. The van der Waals surface area contributed by atoms with Gasteiger partial charge in [0.25, 0.3) is 0 Å². The molecule has 0 aromatic heterocycles. The average Bonchev–Trinajstić information content (AvgIpc) is 2.46. The number of rotatable bonds is 4. The van der Waals surface area contributed by atoms with Crippen molar-refractivity contribution in [1.29, 1.82) is 0 Å². The number of para-hydroxylation sites is 1. The Morgan fingerprint density at radius 1 is 0.947 bits per heavy atom. The lowest BCUT2D eigenvalue weighted by Gasteiger charge is -2.06. The van der Waals surface area contributed by atoms with Crippen molar-refractivity contribution in [1.82, 2.24) is 0 Å². The third kappa shape index (κ3) is 3.42. The summed E-state index contributed by atoms with van der Waals surface area (Å²) in [6.07, 6.45) is 0. The fourth-order valence-corrected chi connectivity index (χ4v) is 1.54. The van der Waals surface area contributed by atoms with Gasteiger partial charge in [0.1, 0.15) is 12.9 Å². The summed E-state index contributed by atoms with van der Waals surface area (Å²) >= 11 is 0. The first-order valence-corrected chi connectivity index (χ1v) is 5.75. The van der Waals surface area contributed by atoms with Gasteiger partial charge in [-0.15, -0.1) is 0 Å². The number of benzene rings is 2. The first-order chi connectivity index (χ1) is 9.31. The molecule has 4 nitrogen and oxygen atoms in total. The van der Waals surface area contributed by atoms with Crippen LogP contribution in [-0.2, 0) is 9.63 Å². The first kappa shape index (κ1) is 12.8. The Morgan fingerprint density at radius 2 is 1.53 bits per heavy atom. The van der Waals surface area contributed by atoms with Gasteiger partial charge in [0.2, 0.25) is 0 Å². The summed E-state index contributed by atoms with van der Waals surface area (Å²) in [5.74, 6) is -0.0912. The SMILES string of the molecule is CON=C(C(=O)Oc1ccccc1)c1ccccc1. The van der Waals surface area contributed by atoms with E-state index in [9.17, 15) is 4.79 Å². The summed E-state index contributed by atoms with van der Waals surface area (Å²) in [4.78, 5) is 16.8.